The number of rotatable bonds is 8. The second kappa shape index (κ2) is 8.07. The molecule has 0 saturated carbocycles. The molecule has 0 radical (unpaired) electrons. The number of benzene rings is 2. The summed E-state index contributed by atoms with van der Waals surface area (Å²) < 4.78 is 67.4. The van der Waals surface area contributed by atoms with Crippen molar-refractivity contribution >= 4 is 20.0 Å². The maximum Gasteiger partial charge on any atom is 0.206 e. The third-order valence-electron chi connectivity index (χ3n) is 3.24. The first-order valence-electron chi connectivity index (χ1n) is 7.76. The van der Waals surface area contributed by atoms with Crippen LogP contribution in [-0.4, -0.2) is 39.9 Å². The van der Waals surface area contributed by atoms with E-state index in [-0.39, 0.29) is 28.3 Å². The molecule has 0 N–H and O–H groups in total. The fourth-order valence-corrected chi connectivity index (χ4v) is 3.63. The number of ether oxygens (including phenoxy) is 2. The summed E-state index contributed by atoms with van der Waals surface area (Å²) in [6, 6.07) is 11.6. The van der Waals surface area contributed by atoms with Gasteiger partial charge in [0.05, 0.1) is 31.8 Å². The van der Waals surface area contributed by atoms with Gasteiger partial charge in [-0.3, -0.25) is 0 Å². The summed E-state index contributed by atoms with van der Waals surface area (Å²) in [7, 11) is -8.06. The van der Waals surface area contributed by atoms with Crippen LogP contribution in [0.5, 0.6) is 11.5 Å². The average Bonchev–Trinajstić information content (AvgIpc) is 2.54. The quantitative estimate of drug-likeness (QED) is 0.626. The van der Waals surface area contributed by atoms with Gasteiger partial charge in [-0.25, -0.2) is 16.8 Å². The lowest BCUT2D eigenvalue weighted by molar-refractivity contribution is 0.242. The van der Waals surface area contributed by atoms with Gasteiger partial charge in [-0.05, 0) is 62.4 Å². The Morgan fingerprint density at radius 1 is 0.846 bits per heavy atom. The molecular weight excluding hydrogens is 380 g/mol. The molecule has 0 fully saturated rings. The van der Waals surface area contributed by atoms with Crippen molar-refractivity contribution in [3.05, 3.63) is 48.5 Å². The first-order valence-corrected chi connectivity index (χ1v) is 10.8. The van der Waals surface area contributed by atoms with Gasteiger partial charge in [-0.15, -0.1) is 0 Å². The maximum atomic E-state index is 12.6. The smallest absolute Gasteiger partial charge is 0.206 e. The lowest BCUT2D eigenvalue weighted by Gasteiger charge is -2.11. The van der Waals surface area contributed by atoms with Gasteiger partial charge in [0, 0.05) is 0 Å². The van der Waals surface area contributed by atoms with Gasteiger partial charge in [-0.2, -0.15) is 0 Å². The summed E-state index contributed by atoms with van der Waals surface area (Å²) in [4.78, 5) is 0.193. The van der Waals surface area contributed by atoms with Crippen LogP contribution in [0.4, 0.5) is 0 Å². The molecule has 142 valence electrons. The van der Waals surface area contributed by atoms with Crippen LogP contribution in [0.3, 0.4) is 0 Å². The van der Waals surface area contributed by atoms with E-state index in [1.807, 2.05) is 13.8 Å². The molecule has 2 aromatic rings. The molecule has 0 atom stereocenters. The van der Waals surface area contributed by atoms with Crippen LogP contribution in [0.2, 0.25) is 0 Å². The molecule has 0 unspecified atom stereocenters. The van der Waals surface area contributed by atoms with Crippen molar-refractivity contribution in [3.63, 3.8) is 0 Å². The molecule has 0 aliphatic rings. The Hall–Kier alpha value is -2.10. The maximum absolute atomic E-state index is 12.6. The third kappa shape index (κ3) is 5.72. The molecule has 0 aliphatic heterocycles. The molecule has 2 aromatic carbocycles. The van der Waals surface area contributed by atoms with E-state index in [1.165, 1.54) is 36.4 Å². The fraction of sp³-hybridized carbons (Fsp3) is 0.294. The van der Waals surface area contributed by atoms with Crippen molar-refractivity contribution < 1.29 is 30.9 Å². The third-order valence-corrected chi connectivity index (χ3v) is 5.69. The molecule has 0 heterocycles. The standard InChI is InChI=1S/C17H20O7S2/c1-13(2)24-15-5-9-17(10-6-15)26(21,22)16-7-3-14(4-8-16)23-11-12-25(18,19)20/h3-10,13H,11-12H2,1-2H3,(H,18,19,20)/p-1. The van der Waals surface area contributed by atoms with Crippen LogP contribution in [-0.2, 0) is 20.0 Å². The zero-order valence-corrected chi connectivity index (χ0v) is 15.9. The summed E-state index contributed by atoms with van der Waals surface area (Å²) in [6.07, 6.45) is -0.0124. The predicted octanol–water partition coefficient (Wildman–Crippen LogP) is 2.23. The van der Waals surface area contributed by atoms with Gasteiger partial charge < -0.3 is 14.0 Å². The zero-order valence-electron chi connectivity index (χ0n) is 14.3. The molecule has 9 heteroatoms. The minimum atomic E-state index is -4.35. The summed E-state index contributed by atoms with van der Waals surface area (Å²) in [6.45, 7) is 3.46. The highest BCUT2D eigenvalue weighted by molar-refractivity contribution is 7.91. The van der Waals surface area contributed by atoms with E-state index < -0.39 is 25.7 Å². The highest BCUT2D eigenvalue weighted by atomic mass is 32.2. The first-order chi connectivity index (χ1) is 12.1. The SMILES string of the molecule is CC(C)Oc1ccc(S(=O)(=O)c2ccc(OCCS(=O)(=O)[O-])cc2)cc1. The Bertz CT molecular complexity index is 930. The van der Waals surface area contributed by atoms with Crippen molar-refractivity contribution in [3.8, 4) is 11.5 Å². The van der Waals surface area contributed by atoms with E-state index in [1.54, 1.807) is 12.1 Å². The van der Waals surface area contributed by atoms with Gasteiger partial charge in [0.15, 0.2) is 0 Å². The normalized spacial score (nSPS) is 12.2. The number of sulfone groups is 1. The topological polar surface area (TPSA) is 110 Å². The monoisotopic (exact) mass is 399 g/mol. The lowest BCUT2D eigenvalue weighted by Crippen LogP contribution is -2.12. The van der Waals surface area contributed by atoms with Gasteiger partial charge in [0.1, 0.15) is 18.1 Å². The van der Waals surface area contributed by atoms with Crippen molar-refractivity contribution in [2.24, 2.45) is 0 Å². The van der Waals surface area contributed by atoms with Crippen molar-refractivity contribution in [1.29, 1.82) is 0 Å². The fourth-order valence-electron chi connectivity index (χ4n) is 2.08. The minimum Gasteiger partial charge on any atom is -0.748 e. The Kier molecular flexibility index (Phi) is 6.27. The van der Waals surface area contributed by atoms with Gasteiger partial charge in [0.2, 0.25) is 9.84 Å². The largest absolute Gasteiger partial charge is 0.748 e. The first kappa shape index (κ1) is 20.2. The van der Waals surface area contributed by atoms with E-state index in [4.69, 9.17) is 9.47 Å². The highest BCUT2D eigenvalue weighted by Gasteiger charge is 2.17. The Morgan fingerprint density at radius 2 is 1.31 bits per heavy atom. The molecular formula is C17H19O7S2-. The summed E-state index contributed by atoms with van der Waals surface area (Å²) in [5.74, 6) is 0.196. The summed E-state index contributed by atoms with van der Waals surface area (Å²) >= 11 is 0. The van der Waals surface area contributed by atoms with Crippen LogP contribution < -0.4 is 9.47 Å². The zero-order chi connectivity index (χ0) is 19.4. The molecule has 0 aromatic heterocycles. The highest BCUT2D eigenvalue weighted by Crippen LogP contribution is 2.25. The van der Waals surface area contributed by atoms with Crippen LogP contribution in [0, 0.1) is 0 Å². The molecule has 26 heavy (non-hydrogen) atoms. The second-order valence-electron chi connectivity index (χ2n) is 5.72. The van der Waals surface area contributed by atoms with Crippen molar-refractivity contribution in [2.45, 2.75) is 29.7 Å². The molecule has 0 saturated heterocycles. The van der Waals surface area contributed by atoms with Crippen LogP contribution in [0.1, 0.15) is 13.8 Å². The van der Waals surface area contributed by atoms with Gasteiger partial charge in [-0.1, -0.05) is 0 Å². The van der Waals surface area contributed by atoms with E-state index in [9.17, 15) is 21.4 Å². The van der Waals surface area contributed by atoms with E-state index in [0.717, 1.165) is 0 Å². The predicted molar refractivity (Wildman–Crippen MR) is 94.2 cm³/mol. The van der Waals surface area contributed by atoms with Gasteiger partial charge in [0.25, 0.3) is 0 Å². The Balaban J connectivity index is 2.11. The number of hydrogen-bond acceptors (Lipinski definition) is 7. The van der Waals surface area contributed by atoms with Crippen LogP contribution in [0.15, 0.2) is 58.3 Å². The molecule has 0 amide bonds. The summed E-state index contributed by atoms with van der Waals surface area (Å²) in [5.41, 5.74) is 0. The van der Waals surface area contributed by atoms with Crippen LogP contribution in [0.25, 0.3) is 0 Å². The van der Waals surface area contributed by atoms with Crippen molar-refractivity contribution in [2.75, 3.05) is 12.4 Å². The Labute approximate surface area is 153 Å². The number of hydrogen-bond donors (Lipinski definition) is 0. The van der Waals surface area contributed by atoms with Gasteiger partial charge >= 0.3 is 0 Å². The lowest BCUT2D eigenvalue weighted by atomic mass is 10.3. The van der Waals surface area contributed by atoms with E-state index in [0.29, 0.717) is 5.75 Å². The average molecular weight is 399 g/mol. The molecule has 0 bridgehead atoms. The molecule has 0 aliphatic carbocycles. The minimum absolute atomic E-state index is 0.0124. The molecule has 7 nitrogen and oxygen atoms in total. The summed E-state index contributed by atoms with van der Waals surface area (Å²) in [5, 5.41) is 0. The second-order valence-corrected chi connectivity index (χ2v) is 9.20. The van der Waals surface area contributed by atoms with E-state index >= 15 is 0 Å². The van der Waals surface area contributed by atoms with Crippen LogP contribution >= 0.6 is 0 Å². The Morgan fingerprint density at radius 3 is 1.73 bits per heavy atom. The molecule has 2 rings (SSSR count). The van der Waals surface area contributed by atoms with E-state index in [2.05, 4.69) is 0 Å². The molecule has 0 spiro atoms. The van der Waals surface area contributed by atoms with Crippen molar-refractivity contribution in [1.82, 2.24) is 0 Å².